The number of anilines is 1. The summed E-state index contributed by atoms with van der Waals surface area (Å²) in [4.78, 5) is 4.36. The molecule has 1 aromatic rings. The molecule has 0 amide bonds. The van der Waals surface area contributed by atoms with E-state index in [4.69, 9.17) is 0 Å². The molecule has 0 saturated heterocycles. The highest BCUT2D eigenvalue weighted by Crippen LogP contribution is 2.15. The summed E-state index contributed by atoms with van der Waals surface area (Å²) in [5, 5.41) is 3.04. The van der Waals surface area contributed by atoms with Crippen molar-refractivity contribution in [2.75, 3.05) is 12.4 Å². The van der Waals surface area contributed by atoms with Crippen LogP contribution in [0.1, 0.15) is 19.5 Å². The number of nitrogens with one attached hydrogen (secondary N) is 1. The van der Waals surface area contributed by atoms with Gasteiger partial charge >= 0.3 is 0 Å². The monoisotopic (exact) mass is 188 g/mol. The quantitative estimate of drug-likeness (QED) is 0.737. The zero-order chi connectivity index (χ0) is 10.4. The summed E-state index contributed by atoms with van der Waals surface area (Å²) >= 11 is 0. The van der Waals surface area contributed by atoms with Crippen LogP contribution in [0.3, 0.4) is 0 Å². The van der Waals surface area contributed by atoms with E-state index in [0.29, 0.717) is 0 Å². The first-order valence-corrected chi connectivity index (χ1v) is 4.75. The highest BCUT2D eigenvalue weighted by Gasteiger charge is 1.97. The number of aromatic nitrogens is 1. The smallest absolute Gasteiger partial charge is 0.0700 e. The molecule has 0 bridgehead atoms. The predicted molar refractivity (Wildman–Crippen MR) is 62.2 cm³/mol. The lowest BCUT2D eigenvalue weighted by molar-refractivity contribution is 1.27. The highest BCUT2D eigenvalue weighted by atomic mass is 14.8. The average Bonchev–Trinajstić information content (AvgIpc) is 2.26. The first-order chi connectivity index (χ1) is 6.81. The third-order valence-electron chi connectivity index (χ3n) is 2.01. The predicted octanol–water partition coefficient (Wildman–Crippen LogP) is 3.10. The SMILES string of the molecule is C/C=C\C(=C/C)c1ccc(NC)cn1. The van der Waals surface area contributed by atoms with Crippen molar-refractivity contribution >= 4 is 11.3 Å². The Kier molecular flexibility index (Phi) is 3.92. The van der Waals surface area contributed by atoms with Gasteiger partial charge in [-0.3, -0.25) is 4.98 Å². The lowest BCUT2D eigenvalue weighted by Gasteiger charge is -2.03. The number of nitrogens with zero attached hydrogens (tertiary/aromatic N) is 1. The Morgan fingerprint density at radius 3 is 2.57 bits per heavy atom. The van der Waals surface area contributed by atoms with Gasteiger partial charge in [0.15, 0.2) is 0 Å². The molecule has 0 aliphatic heterocycles. The first kappa shape index (κ1) is 10.5. The average molecular weight is 188 g/mol. The third kappa shape index (κ3) is 2.46. The van der Waals surface area contributed by atoms with Gasteiger partial charge < -0.3 is 5.32 Å². The Labute approximate surface area is 85.4 Å². The van der Waals surface area contributed by atoms with Gasteiger partial charge in [0.2, 0.25) is 0 Å². The van der Waals surface area contributed by atoms with Gasteiger partial charge in [-0.15, -0.1) is 0 Å². The molecular formula is C12H16N2. The third-order valence-corrected chi connectivity index (χ3v) is 2.01. The summed E-state index contributed by atoms with van der Waals surface area (Å²) in [7, 11) is 1.89. The van der Waals surface area contributed by atoms with Crippen molar-refractivity contribution in [3.05, 3.63) is 42.3 Å². The molecule has 1 rings (SSSR count). The molecule has 1 N–H and O–H groups in total. The zero-order valence-electron chi connectivity index (χ0n) is 8.91. The van der Waals surface area contributed by atoms with Crippen LogP contribution in [0.25, 0.3) is 5.57 Å². The number of hydrogen-bond acceptors (Lipinski definition) is 2. The molecule has 14 heavy (non-hydrogen) atoms. The summed E-state index contributed by atoms with van der Waals surface area (Å²) in [5.74, 6) is 0. The van der Waals surface area contributed by atoms with Crippen LogP contribution in [0.4, 0.5) is 5.69 Å². The maximum Gasteiger partial charge on any atom is 0.0700 e. The van der Waals surface area contributed by atoms with Crippen LogP contribution in [0.2, 0.25) is 0 Å². The fourth-order valence-corrected chi connectivity index (χ4v) is 1.22. The minimum atomic E-state index is 1.00. The van der Waals surface area contributed by atoms with E-state index in [2.05, 4.69) is 22.5 Å². The van der Waals surface area contributed by atoms with Gasteiger partial charge in [-0.2, -0.15) is 0 Å². The summed E-state index contributed by atoms with van der Waals surface area (Å²) < 4.78 is 0. The standard InChI is InChI=1S/C12H16N2/c1-4-6-10(5-2)12-8-7-11(13-3)9-14-12/h4-9,13H,1-3H3/b6-4-,10-5+. The van der Waals surface area contributed by atoms with Crippen LogP contribution in [0.5, 0.6) is 0 Å². The fraction of sp³-hybridized carbons (Fsp3) is 0.250. The molecule has 0 saturated carbocycles. The van der Waals surface area contributed by atoms with Gasteiger partial charge in [-0.05, 0) is 31.6 Å². The summed E-state index contributed by atoms with van der Waals surface area (Å²) in [5.41, 5.74) is 3.18. The van der Waals surface area contributed by atoms with E-state index in [1.54, 1.807) is 0 Å². The number of rotatable bonds is 3. The first-order valence-electron chi connectivity index (χ1n) is 4.75. The van der Waals surface area contributed by atoms with Gasteiger partial charge in [-0.25, -0.2) is 0 Å². The van der Waals surface area contributed by atoms with E-state index in [0.717, 1.165) is 17.0 Å². The lowest BCUT2D eigenvalue weighted by atomic mass is 10.1. The Hall–Kier alpha value is -1.57. The van der Waals surface area contributed by atoms with Crippen molar-refractivity contribution in [2.24, 2.45) is 0 Å². The van der Waals surface area contributed by atoms with Crippen LogP contribution in [-0.4, -0.2) is 12.0 Å². The minimum Gasteiger partial charge on any atom is -0.387 e. The molecule has 74 valence electrons. The van der Waals surface area contributed by atoms with E-state index >= 15 is 0 Å². The van der Waals surface area contributed by atoms with Crippen molar-refractivity contribution in [3.8, 4) is 0 Å². The summed E-state index contributed by atoms with van der Waals surface area (Å²) in [6, 6.07) is 4.04. The van der Waals surface area contributed by atoms with Gasteiger partial charge in [0.1, 0.15) is 0 Å². The lowest BCUT2D eigenvalue weighted by Crippen LogP contribution is -1.91. The molecule has 0 fully saturated rings. The van der Waals surface area contributed by atoms with Gasteiger partial charge in [0.05, 0.1) is 17.6 Å². The normalized spacial score (nSPS) is 12.1. The Bertz CT molecular complexity index is 334. The molecule has 1 heterocycles. The molecule has 0 aliphatic rings. The summed E-state index contributed by atoms with van der Waals surface area (Å²) in [6.07, 6.45) is 7.97. The van der Waals surface area contributed by atoms with Crippen LogP contribution >= 0.6 is 0 Å². The van der Waals surface area contributed by atoms with Crippen molar-refractivity contribution in [3.63, 3.8) is 0 Å². The molecule has 0 radical (unpaired) electrons. The van der Waals surface area contributed by atoms with Crippen molar-refractivity contribution in [2.45, 2.75) is 13.8 Å². The van der Waals surface area contributed by atoms with E-state index in [1.807, 2.05) is 45.3 Å². The topological polar surface area (TPSA) is 24.9 Å². The molecule has 2 heteroatoms. The molecule has 2 nitrogen and oxygen atoms in total. The van der Waals surface area contributed by atoms with E-state index in [9.17, 15) is 0 Å². The largest absolute Gasteiger partial charge is 0.387 e. The van der Waals surface area contributed by atoms with Gasteiger partial charge in [0.25, 0.3) is 0 Å². The Balaban J connectivity index is 2.96. The highest BCUT2D eigenvalue weighted by molar-refractivity contribution is 5.71. The van der Waals surface area contributed by atoms with Gasteiger partial charge in [0, 0.05) is 7.05 Å². The second-order valence-electron chi connectivity index (χ2n) is 2.93. The maximum absolute atomic E-state index is 4.36. The fourth-order valence-electron chi connectivity index (χ4n) is 1.22. The molecule has 0 unspecified atom stereocenters. The second-order valence-corrected chi connectivity index (χ2v) is 2.93. The van der Waals surface area contributed by atoms with E-state index in [1.165, 1.54) is 0 Å². The van der Waals surface area contributed by atoms with Crippen LogP contribution < -0.4 is 5.32 Å². The van der Waals surface area contributed by atoms with Crippen molar-refractivity contribution < 1.29 is 0 Å². The zero-order valence-corrected chi connectivity index (χ0v) is 8.91. The molecule has 1 aromatic heterocycles. The Morgan fingerprint density at radius 1 is 1.36 bits per heavy atom. The summed E-state index contributed by atoms with van der Waals surface area (Å²) in [6.45, 7) is 4.02. The molecule has 0 aliphatic carbocycles. The number of pyridine rings is 1. The van der Waals surface area contributed by atoms with E-state index in [-0.39, 0.29) is 0 Å². The van der Waals surface area contributed by atoms with Crippen LogP contribution in [-0.2, 0) is 0 Å². The van der Waals surface area contributed by atoms with Crippen molar-refractivity contribution in [1.29, 1.82) is 0 Å². The van der Waals surface area contributed by atoms with Crippen LogP contribution in [0, 0.1) is 0 Å². The van der Waals surface area contributed by atoms with E-state index < -0.39 is 0 Å². The van der Waals surface area contributed by atoms with Gasteiger partial charge in [-0.1, -0.05) is 18.2 Å². The maximum atomic E-state index is 4.36. The molecular weight excluding hydrogens is 172 g/mol. The van der Waals surface area contributed by atoms with Crippen molar-refractivity contribution in [1.82, 2.24) is 4.98 Å². The second kappa shape index (κ2) is 5.22. The molecule has 0 aromatic carbocycles. The van der Waals surface area contributed by atoms with Crippen LogP contribution in [0.15, 0.2) is 36.6 Å². The number of hydrogen-bond donors (Lipinski definition) is 1. The molecule has 0 spiro atoms. The minimum absolute atomic E-state index is 1.00. The Morgan fingerprint density at radius 2 is 2.14 bits per heavy atom. The number of allylic oxidation sites excluding steroid dienone is 4. The molecule has 0 atom stereocenters.